The van der Waals surface area contributed by atoms with E-state index in [1.54, 1.807) is 31.2 Å². The van der Waals surface area contributed by atoms with Crippen LogP contribution in [0.3, 0.4) is 0 Å². The highest BCUT2D eigenvalue weighted by Crippen LogP contribution is 2.42. The van der Waals surface area contributed by atoms with Crippen molar-refractivity contribution in [3.8, 4) is 16.9 Å². The van der Waals surface area contributed by atoms with Gasteiger partial charge in [-0.2, -0.15) is 0 Å². The molecular weight excluding hydrogens is 416 g/mol. The average Bonchev–Trinajstić information content (AvgIpc) is 3.04. The van der Waals surface area contributed by atoms with Gasteiger partial charge in [-0.25, -0.2) is 23.7 Å². The molecule has 0 saturated carbocycles. The maximum Gasteiger partial charge on any atom is 0.266 e. The molecule has 164 valence electrons. The molecule has 1 aliphatic heterocycles. The maximum absolute atomic E-state index is 14.7. The molecule has 0 fully saturated rings. The van der Waals surface area contributed by atoms with E-state index in [-0.39, 0.29) is 24.0 Å². The zero-order chi connectivity index (χ0) is 22.9. The van der Waals surface area contributed by atoms with Gasteiger partial charge >= 0.3 is 0 Å². The van der Waals surface area contributed by atoms with Crippen LogP contribution in [0.15, 0.2) is 60.1 Å². The highest BCUT2D eigenvalue weighted by molar-refractivity contribution is 6.09. The number of aromatic nitrogens is 2. The summed E-state index contributed by atoms with van der Waals surface area (Å²) in [4.78, 5) is 27.2. The molecule has 9 heteroatoms. The lowest BCUT2D eigenvalue weighted by molar-refractivity contribution is -0.129. The first-order chi connectivity index (χ1) is 15.4. The summed E-state index contributed by atoms with van der Waals surface area (Å²) in [7, 11) is 1.53. The van der Waals surface area contributed by atoms with Crippen LogP contribution in [-0.4, -0.2) is 47.1 Å². The van der Waals surface area contributed by atoms with Crippen molar-refractivity contribution in [2.24, 2.45) is 10.7 Å². The largest absolute Gasteiger partial charge is 0.491 e. The van der Waals surface area contributed by atoms with Crippen molar-refractivity contribution in [1.82, 2.24) is 14.9 Å². The van der Waals surface area contributed by atoms with Crippen molar-refractivity contribution in [1.29, 1.82) is 0 Å². The Balaban J connectivity index is 1.91. The molecule has 7 nitrogen and oxygen atoms in total. The Hall–Kier alpha value is -3.88. The lowest BCUT2D eigenvalue weighted by Gasteiger charge is -2.27. The predicted molar refractivity (Wildman–Crippen MR) is 115 cm³/mol. The molecule has 0 radical (unpaired) electrons. The van der Waals surface area contributed by atoms with Crippen LogP contribution in [0.5, 0.6) is 5.75 Å². The van der Waals surface area contributed by atoms with E-state index in [0.29, 0.717) is 28.0 Å². The lowest BCUT2D eigenvalue weighted by atomic mass is 9.81. The number of likely N-dealkylation sites (N-methyl/N-ethyl adjacent to an activating group) is 1. The Labute approximate surface area is 183 Å². The minimum absolute atomic E-state index is 0.0410. The number of benzene rings is 2. The normalized spacial score (nSPS) is 18.1. The molecule has 32 heavy (non-hydrogen) atoms. The third-order valence-corrected chi connectivity index (χ3v) is 5.42. The van der Waals surface area contributed by atoms with Crippen molar-refractivity contribution >= 4 is 11.9 Å². The van der Waals surface area contributed by atoms with E-state index in [2.05, 4.69) is 15.0 Å². The van der Waals surface area contributed by atoms with E-state index in [0.717, 1.165) is 0 Å². The number of aryl methyl sites for hydroxylation is 1. The molecule has 1 aromatic heterocycles. The molecule has 1 atom stereocenters. The number of carbonyl (C=O) groups excluding carboxylic acids is 1. The van der Waals surface area contributed by atoms with Crippen LogP contribution in [0.25, 0.3) is 11.1 Å². The fourth-order valence-electron chi connectivity index (χ4n) is 3.78. The number of rotatable bonds is 6. The van der Waals surface area contributed by atoms with Crippen molar-refractivity contribution < 1.29 is 18.3 Å². The summed E-state index contributed by atoms with van der Waals surface area (Å²) < 4.78 is 32.6. The van der Waals surface area contributed by atoms with Gasteiger partial charge in [0.25, 0.3) is 5.91 Å². The molecule has 1 amide bonds. The third-order valence-electron chi connectivity index (χ3n) is 5.42. The number of alkyl halides is 1. The zero-order valence-electron chi connectivity index (χ0n) is 17.5. The Kier molecular flexibility index (Phi) is 5.56. The number of ether oxygens (including phenoxy) is 1. The third kappa shape index (κ3) is 3.45. The fourth-order valence-corrected chi connectivity index (χ4v) is 3.78. The van der Waals surface area contributed by atoms with Gasteiger partial charge in [0, 0.05) is 30.6 Å². The van der Waals surface area contributed by atoms with Crippen LogP contribution in [0.4, 0.5) is 8.78 Å². The fraction of sp³-hybridized carbons (Fsp3) is 0.217. The monoisotopic (exact) mass is 437 g/mol. The Bertz CT molecular complexity index is 1200. The van der Waals surface area contributed by atoms with Crippen molar-refractivity contribution in [2.45, 2.75) is 12.5 Å². The second-order valence-corrected chi connectivity index (χ2v) is 7.38. The van der Waals surface area contributed by atoms with Crippen LogP contribution in [0.1, 0.15) is 16.7 Å². The molecule has 0 bridgehead atoms. The molecule has 1 aliphatic rings. The van der Waals surface area contributed by atoms with Gasteiger partial charge in [-0.05, 0) is 47.9 Å². The van der Waals surface area contributed by atoms with Gasteiger partial charge in [0.2, 0.25) is 0 Å². The number of guanidine groups is 1. The zero-order valence-corrected chi connectivity index (χ0v) is 17.5. The van der Waals surface area contributed by atoms with Crippen LogP contribution >= 0.6 is 0 Å². The number of aliphatic imine (C=N–C) groups is 1. The van der Waals surface area contributed by atoms with E-state index < -0.39 is 18.0 Å². The second-order valence-electron chi connectivity index (χ2n) is 7.38. The molecule has 4 rings (SSSR count). The van der Waals surface area contributed by atoms with E-state index in [9.17, 15) is 13.6 Å². The summed E-state index contributed by atoms with van der Waals surface area (Å²) in [6.45, 7) is 1.10. The van der Waals surface area contributed by atoms with E-state index >= 15 is 0 Å². The van der Waals surface area contributed by atoms with Gasteiger partial charge < -0.3 is 10.5 Å². The van der Waals surface area contributed by atoms with Crippen molar-refractivity contribution in [3.63, 3.8) is 0 Å². The summed E-state index contributed by atoms with van der Waals surface area (Å²) in [5, 5.41) is 0. The first-order valence-corrected chi connectivity index (χ1v) is 9.87. The summed E-state index contributed by atoms with van der Waals surface area (Å²) >= 11 is 0. The van der Waals surface area contributed by atoms with Gasteiger partial charge in [-0.1, -0.05) is 12.1 Å². The Morgan fingerprint density at radius 1 is 1.12 bits per heavy atom. The van der Waals surface area contributed by atoms with Crippen LogP contribution in [0.2, 0.25) is 0 Å². The molecule has 0 unspecified atom stereocenters. The van der Waals surface area contributed by atoms with Gasteiger partial charge in [0.15, 0.2) is 11.5 Å². The Morgan fingerprint density at radius 2 is 1.81 bits per heavy atom. The first kappa shape index (κ1) is 21.4. The van der Waals surface area contributed by atoms with Crippen molar-refractivity contribution in [2.75, 3.05) is 20.3 Å². The topological polar surface area (TPSA) is 93.7 Å². The maximum atomic E-state index is 14.7. The minimum Gasteiger partial charge on any atom is -0.491 e. The Morgan fingerprint density at radius 3 is 2.44 bits per heavy atom. The predicted octanol–water partition coefficient (Wildman–Crippen LogP) is 2.97. The number of amides is 1. The van der Waals surface area contributed by atoms with Crippen LogP contribution in [-0.2, 0) is 10.3 Å². The second kappa shape index (κ2) is 8.33. The SMILES string of the molecule is Cc1cc([C@]2(c3ccc(F)c(-c4cncnc4)c3)N=C(N)N(C)C2=O)ccc1OCCF. The van der Waals surface area contributed by atoms with Crippen LogP contribution in [0, 0.1) is 12.7 Å². The number of hydrogen-bond acceptors (Lipinski definition) is 6. The molecule has 2 N–H and O–H groups in total. The van der Waals surface area contributed by atoms with E-state index in [1.165, 1.54) is 42.8 Å². The number of nitrogens with two attached hydrogens (primary N) is 1. The van der Waals surface area contributed by atoms with Crippen LogP contribution < -0.4 is 10.5 Å². The number of carbonyl (C=O) groups is 1. The van der Waals surface area contributed by atoms with Gasteiger partial charge in [0.05, 0.1) is 0 Å². The number of halogens is 2. The summed E-state index contributed by atoms with van der Waals surface area (Å²) in [5.41, 5.74) is 6.87. The van der Waals surface area contributed by atoms with Crippen molar-refractivity contribution in [3.05, 3.63) is 77.6 Å². The quantitative estimate of drug-likeness (QED) is 0.640. The highest BCUT2D eigenvalue weighted by atomic mass is 19.1. The number of hydrogen-bond donors (Lipinski definition) is 1. The molecule has 2 heterocycles. The standard InChI is InChI=1S/C23H21F2N5O2/c1-14-9-16(4-6-20(14)32-8-7-24)23(21(31)30(2)22(26)29-23)17-3-5-19(25)18(10-17)15-11-27-13-28-12-15/h3-6,9-13H,7-8H2,1-2H3,(H2,26,29)/t23-/m1/s1. The molecule has 0 spiro atoms. The lowest BCUT2D eigenvalue weighted by Crippen LogP contribution is -2.41. The van der Waals surface area contributed by atoms with Gasteiger partial charge in [-0.3, -0.25) is 9.69 Å². The summed E-state index contributed by atoms with van der Waals surface area (Å²) in [5.74, 6) is -0.327. The van der Waals surface area contributed by atoms with Gasteiger partial charge in [-0.15, -0.1) is 0 Å². The molecule has 3 aromatic rings. The average molecular weight is 437 g/mol. The molecule has 0 aliphatic carbocycles. The minimum atomic E-state index is -1.51. The molecular formula is C23H21F2N5O2. The van der Waals surface area contributed by atoms with E-state index in [1.807, 2.05) is 0 Å². The summed E-state index contributed by atoms with van der Waals surface area (Å²) in [6, 6.07) is 9.44. The highest BCUT2D eigenvalue weighted by Gasteiger charge is 2.49. The molecule has 2 aromatic carbocycles. The smallest absolute Gasteiger partial charge is 0.266 e. The number of nitrogens with zero attached hydrogens (tertiary/aromatic N) is 4. The summed E-state index contributed by atoms with van der Waals surface area (Å²) in [6.07, 6.45) is 4.33. The first-order valence-electron chi connectivity index (χ1n) is 9.87. The van der Waals surface area contributed by atoms with E-state index in [4.69, 9.17) is 10.5 Å². The van der Waals surface area contributed by atoms with Gasteiger partial charge in [0.1, 0.15) is 31.2 Å². The molecule has 0 saturated heterocycles.